The van der Waals surface area contributed by atoms with Crippen molar-refractivity contribution in [1.29, 1.82) is 0 Å². The second kappa shape index (κ2) is 6.33. The summed E-state index contributed by atoms with van der Waals surface area (Å²) in [6.07, 6.45) is 0.562. The molecule has 92 valence electrons. The van der Waals surface area contributed by atoms with E-state index in [1.165, 1.54) is 0 Å². The van der Waals surface area contributed by atoms with E-state index in [1.807, 2.05) is 6.92 Å². The van der Waals surface area contributed by atoms with Crippen LogP contribution in [0.3, 0.4) is 0 Å². The molecule has 0 saturated heterocycles. The Hall–Kier alpha value is -0.650. The van der Waals surface area contributed by atoms with Gasteiger partial charge in [-0.1, -0.05) is 46.7 Å². The van der Waals surface area contributed by atoms with E-state index in [4.69, 9.17) is 29.6 Å². The third kappa shape index (κ3) is 3.94. The van der Waals surface area contributed by atoms with Crippen LogP contribution in [0.5, 0.6) is 0 Å². The SMILES string of the molecule is CCC(C(=O)Nc1cc(Br)ccc1Cl)C(N)=S. The molecular weight excluding hydrogens is 324 g/mol. The fourth-order valence-electron chi connectivity index (χ4n) is 1.33. The Morgan fingerprint density at radius 2 is 2.29 bits per heavy atom. The Morgan fingerprint density at radius 1 is 1.65 bits per heavy atom. The van der Waals surface area contributed by atoms with Crippen molar-refractivity contribution >= 4 is 56.3 Å². The molecule has 1 aromatic carbocycles. The van der Waals surface area contributed by atoms with Gasteiger partial charge in [0.1, 0.15) is 0 Å². The van der Waals surface area contributed by atoms with Gasteiger partial charge in [-0.15, -0.1) is 0 Å². The van der Waals surface area contributed by atoms with Gasteiger partial charge in [0.15, 0.2) is 0 Å². The zero-order valence-corrected chi connectivity index (χ0v) is 12.3. The van der Waals surface area contributed by atoms with E-state index in [1.54, 1.807) is 18.2 Å². The molecule has 0 heterocycles. The van der Waals surface area contributed by atoms with Crippen LogP contribution < -0.4 is 11.1 Å². The summed E-state index contributed by atoms with van der Waals surface area (Å²) in [5.74, 6) is -0.708. The van der Waals surface area contributed by atoms with Crippen molar-refractivity contribution < 1.29 is 4.79 Å². The number of carbonyl (C=O) groups is 1. The third-order valence-electron chi connectivity index (χ3n) is 2.25. The summed E-state index contributed by atoms with van der Waals surface area (Å²) in [6.45, 7) is 1.85. The van der Waals surface area contributed by atoms with Crippen molar-refractivity contribution in [2.24, 2.45) is 11.7 Å². The molecule has 0 fully saturated rings. The van der Waals surface area contributed by atoms with E-state index in [2.05, 4.69) is 21.2 Å². The van der Waals surface area contributed by atoms with E-state index >= 15 is 0 Å². The van der Waals surface area contributed by atoms with Gasteiger partial charge in [-0.25, -0.2) is 0 Å². The fourth-order valence-corrected chi connectivity index (χ4v) is 2.13. The lowest BCUT2D eigenvalue weighted by atomic mass is 10.1. The molecule has 0 spiro atoms. The number of amides is 1. The Kier molecular flexibility index (Phi) is 5.36. The minimum absolute atomic E-state index is 0.191. The van der Waals surface area contributed by atoms with Gasteiger partial charge < -0.3 is 11.1 Å². The topological polar surface area (TPSA) is 55.1 Å². The van der Waals surface area contributed by atoms with E-state index < -0.39 is 5.92 Å². The highest BCUT2D eigenvalue weighted by atomic mass is 79.9. The van der Waals surface area contributed by atoms with E-state index in [0.29, 0.717) is 17.1 Å². The van der Waals surface area contributed by atoms with Crippen LogP contribution in [0.15, 0.2) is 22.7 Å². The van der Waals surface area contributed by atoms with Crippen LogP contribution >= 0.6 is 39.7 Å². The maximum absolute atomic E-state index is 11.9. The molecule has 17 heavy (non-hydrogen) atoms. The maximum atomic E-state index is 11.9. The zero-order chi connectivity index (χ0) is 13.0. The van der Waals surface area contributed by atoms with Gasteiger partial charge >= 0.3 is 0 Å². The first-order valence-corrected chi connectivity index (χ1v) is 6.58. The number of carbonyl (C=O) groups excluding carboxylic acids is 1. The lowest BCUT2D eigenvalue weighted by molar-refractivity contribution is -0.118. The molecule has 0 aliphatic heterocycles. The van der Waals surface area contributed by atoms with Gasteiger partial charge in [-0.3, -0.25) is 4.79 Å². The number of benzene rings is 1. The second-order valence-electron chi connectivity index (χ2n) is 3.48. The molecule has 6 heteroatoms. The molecule has 1 amide bonds. The van der Waals surface area contributed by atoms with Gasteiger partial charge in [0.2, 0.25) is 5.91 Å². The van der Waals surface area contributed by atoms with Crippen molar-refractivity contribution in [2.45, 2.75) is 13.3 Å². The van der Waals surface area contributed by atoms with Gasteiger partial charge in [-0.05, 0) is 24.6 Å². The first kappa shape index (κ1) is 14.4. The third-order valence-corrected chi connectivity index (χ3v) is 3.36. The second-order valence-corrected chi connectivity index (χ2v) is 5.27. The maximum Gasteiger partial charge on any atom is 0.234 e. The van der Waals surface area contributed by atoms with Crippen molar-refractivity contribution in [1.82, 2.24) is 0 Å². The molecule has 1 atom stereocenters. The monoisotopic (exact) mass is 334 g/mol. The number of rotatable bonds is 4. The Balaban J connectivity index is 2.87. The van der Waals surface area contributed by atoms with Crippen LogP contribution in [-0.4, -0.2) is 10.9 Å². The quantitative estimate of drug-likeness (QED) is 0.830. The lowest BCUT2D eigenvalue weighted by Gasteiger charge is -2.14. The molecule has 0 aliphatic rings. The molecule has 0 radical (unpaired) electrons. The van der Waals surface area contributed by atoms with Crippen LogP contribution in [0.4, 0.5) is 5.69 Å². The van der Waals surface area contributed by atoms with Crippen LogP contribution in [-0.2, 0) is 4.79 Å². The molecule has 0 aromatic heterocycles. The zero-order valence-electron chi connectivity index (χ0n) is 9.17. The van der Waals surface area contributed by atoms with Crippen molar-refractivity contribution in [3.8, 4) is 0 Å². The smallest absolute Gasteiger partial charge is 0.234 e. The summed E-state index contributed by atoms with van der Waals surface area (Å²) in [5.41, 5.74) is 6.04. The van der Waals surface area contributed by atoms with E-state index in [9.17, 15) is 4.79 Å². The van der Waals surface area contributed by atoms with Crippen LogP contribution in [0.25, 0.3) is 0 Å². The van der Waals surface area contributed by atoms with Gasteiger partial charge in [0.25, 0.3) is 0 Å². The number of hydrogen-bond acceptors (Lipinski definition) is 2. The number of halogens is 2. The molecule has 0 bridgehead atoms. The van der Waals surface area contributed by atoms with E-state index in [0.717, 1.165) is 4.47 Å². The number of anilines is 1. The lowest BCUT2D eigenvalue weighted by Crippen LogP contribution is -2.32. The van der Waals surface area contributed by atoms with Crippen LogP contribution in [0.2, 0.25) is 5.02 Å². The summed E-state index contributed by atoms with van der Waals surface area (Å²) in [4.78, 5) is 12.1. The minimum Gasteiger partial charge on any atom is -0.393 e. The number of nitrogens with two attached hydrogens (primary N) is 1. The summed E-state index contributed by atoms with van der Waals surface area (Å²) in [5, 5.41) is 3.19. The first-order chi connectivity index (χ1) is 7.95. The predicted molar refractivity (Wildman–Crippen MR) is 78.3 cm³/mol. The molecule has 1 rings (SSSR count). The fraction of sp³-hybridized carbons (Fsp3) is 0.273. The number of thiocarbonyl (C=S) groups is 1. The highest BCUT2D eigenvalue weighted by molar-refractivity contribution is 9.10. The van der Waals surface area contributed by atoms with Crippen molar-refractivity contribution in [3.05, 3.63) is 27.7 Å². The standard InChI is InChI=1S/C11H12BrClN2OS/c1-2-7(10(14)17)11(16)15-9-5-6(12)3-4-8(9)13/h3-5,7H,2H2,1H3,(H2,14,17)(H,15,16). The first-order valence-electron chi connectivity index (χ1n) is 5.01. The van der Waals surface area contributed by atoms with Crippen LogP contribution in [0.1, 0.15) is 13.3 Å². The summed E-state index contributed by atoms with van der Waals surface area (Å²) >= 11 is 14.1. The molecule has 3 N–H and O–H groups in total. The Bertz CT molecular complexity index is 453. The summed E-state index contributed by atoms with van der Waals surface area (Å²) < 4.78 is 0.834. The normalized spacial score (nSPS) is 11.9. The largest absolute Gasteiger partial charge is 0.393 e. The molecule has 1 aromatic rings. The van der Waals surface area contributed by atoms with Gasteiger partial charge in [0, 0.05) is 4.47 Å². The van der Waals surface area contributed by atoms with Crippen LogP contribution in [0, 0.1) is 5.92 Å². The highest BCUT2D eigenvalue weighted by Crippen LogP contribution is 2.26. The average Bonchev–Trinajstić information content (AvgIpc) is 2.24. The molecule has 1 unspecified atom stereocenters. The van der Waals surface area contributed by atoms with E-state index in [-0.39, 0.29) is 10.9 Å². The van der Waals surface area contributed by atoms with Gasteiger partial charge in [0.05, 0.1) is 21.6 Å². The molecule has 0 saturated carbocycles. The van der Waals surface area contributed by atoms with Crippen molar-refractivity contribution in [3.63, 3.8) is 0 Å². The van der Waals surface area contributed by atoms with Gasteiger partial charge in [-0.2, -0.15) is 0 Å². The number of nitrogens with one attached hydrogen (secondary N) is 1. The summed E-state index contributed by atoms with van der Waals surface area (Å²) in [7, 11) is 0. The average molecular weight is 336 g/mol. The minimum atomic E-state index is -0.472. The Morgan fingerprint density at radius 3 is 2.82 bits per heavy atom. The highest BCUT2D eigenvalue weighted by Gasteiger charge is 2.20. The molecule has 3 nitrogen and oxygen atoms in total. The molecule has 0 aliphatic carbocycles. The number of hydrogen-bond donors (Lipinski definition) is 2. The molecular formula is C11H12BrClN2OS. The summed E-state index contributed by atoms with van der Waals surface area (Å²) in [6, 6.07) is 5.22. The van der Waals surface area contributed by atoms with Crippen molar-refractivity contribution in [2.75, 3.05) is 5.32 Å². The predicted octanol–water partition coefficient (Wildman–Crippen LogP) is 3.35. The Labute approximate surface area is 119 Å².